The summed E-state index contributed by atoms with van der Waals surface area (Å²) in [6.45, 7) is 5.56. The van der Waals surface area contributed by atoms with E-state index in [1.807, 2.05) is 0 Å². The number of nitrogens with one attached hydrogen (secondary N) is 1. The molecule has 1 saturated heterocycles. The molecule has 0 radical (unpaired) electrons. The third-order valence-corrected chi connectivity index (χ3v) is 4.91. The summed E-state index contributed by atoms with van der Waals surface area (Å²) in [5.41, 5.74) is -0.786. The Kier molecular flexibility index (Phi) is 3.23. The topological polar surface area (TPSA) is 66.4 Å². The zero-order chi connectivity index (χ0) is 11.0. The maximum absolute atomic E-state index is 11.4. The van der Waals surface area contributed by atoms with Crippen LogP contribution in [0.5, 0.6) is 0 Å². The van der Waals surface area contributed by atoms with Crippen molar-refractivity contribution in [1.82, 2.24) is 5.32 Å². The van der Waals surface area contributed by atoms with Crippen molar-refractivity contribution in [2.24, 2.45) is 0 Å². The summed E-state index contributed by atoms with van der Waals surface area (Å²) in [4.78, 5) is 0. The largest absolute Gasteiger partial charge is 0.389 e. The van der Waals surface area contributed by atoms with Crippen molar-refractivity contribution in [1.29, 1.82) is 0 Å². The van der Waals surface area contributed by atoms with Crippen LogP contribution in [0.3, 0.4) is 0 Å². The van der Waals surface area contributed by atoms with E-state index in [9.17, 15) is 13.5 Å². The van der Waals surface area contributed by atoms with Crippen LogP contribution in [0.4, 0.5) is 0 Å². The molecule has 0 aliphatic carbocycles. The Balaban J connectivity index is 2.50. The molecule has 14 heavy (non-hydrogen) atoms. The van der Waals surface area contributed by atoms with Gasteiger partial charge in [-0.1, -0.05) is 0 Å². The summed E-state index contributed by atoms with van der Waals surface area (Å²) in [5, 5.41) is 12.3. The van der Waals surface area contributed by atoms with Crippen LogP contribution in [0.25, 0.3) is 0 Å². The predicted octanol–water partition coefficient (Wildman–Crippen LogP) is -0.0775. The van der Waals surface area contributed by atoms with Gasteiger partial charge in [-0.25, -0.2) is 8.42 Å². The SMILES string of the molecule is CC1C(NCC(C)(C)O)CCS1(=O)=O. The fourth-order valence-corrected chi connectivity index (χ4v) is 3.30. The molecule has 1 rings (SSSR count). The zero-order valence-electron chi connectivity index (χ0n) is 8.95. The first kappa shape index (κ1) is 11.9. The van der Waals surface area contributed by atoms with Crippen molar-refractivity contribution in [3.8, 4) is 0 Å². The molecule has 0 aromatic heterocycles. The second kappa shape index (κ2) is 3.79. The summed E-state index contributed by atoms with van der Waals surface area (Å²) in [5.74, 6) is 0.262. The van der Waals surface area contributed by atoms with Gasteiger partial charge in [0.15, 0.2) is 9.84 Å². The van der Waals surface area contributed by atoms with Crippen LogP contribution in [-0.4, -0.2) is 42.7 Å². The van der Waals surface area contributed by atoms with Gasteiger partial charge in [0.2, 0.25) is 0 Å². The van der Waals surface area contributed by atoms with Crippen LogP contribution in [-0.2, 0) is 9.84 Å². The molecule has 1 aliphatic heterocycles. The molecule has 1 aliphatic rings. The Morgan fingerprint density at radius 2 is 2.07 bits per heavy atom. The first-order valence-electron chi connectivity index (χ1n) is 4.90. The summed E-state index contributed by atoms with van der Waals surface area (Å²) in [6, 6.07) is -0.00794. The average Bonchev–Trinajstić information content (AvgIpc) is 2.24. The summed E-state index contributed by atoms with van der Waals surface area (Å²) < 4.78 is 22.8. The highest BCUT2D eigenvalue weighted by atomic mass is 32.2. The van der Waals surface area contributed by atoms with E-state index in [-0.39, 0.29) is 17.0 Å². The minimum absolute atomic E-state index is 0.00794. The second-order valence-electron chi connectivity index (χ2n) is 4.66. The van der Waals surface area contributed by atoms with Gasteiger partial charge in [0.25, 0.3) is 0 Å². The van der Waals surface area contributed by atoms with Crippen molar-refractivity contribution in [3.05, 3.63) is 0 Å². The van der Waals surface area contributed by atoms with Crippen molar-refractivity contribution in [3.63, 3.8) is 0 Å². The molecule has 0 aromatic rings. The number of sulfone groups is 1. The molecular formula is C9H19NO3S. The lowest BCUT2D eigenvalue weighted by Crippen LogP contribution is -2.44. The second-order valence-corrected chi connectivity index (χ2v) is 7.14. The molecule has 0 saturated carbocycles. The lowest BCUT2D eigenvalue weighted by Gasteiger charge is -2.22. The normalized spacial score (nSPS) is 32.0. The summed E-state index contributed by atoms with van der Waals surface area (Å²) in [6.07, 6.45) is 0.652. The van der Waals surface area contributed by atoms with Gasteiger partial charge < -0.3 is 10.4 Å². The van der Waals surface area contributed by atoms with Gasteiger partial charge in [-0.3, -0.25) is 0 Å². The van der Waals surface area contributed by atoms with Gasteiger partial charge in [0, 0.05) is 12.6 Å². The lowest BCUT2D eigenvalue weighted by molar-refractivity contribution is 0.0765. The number of hydrogen-bond donors (Lipinski definition) is 2. The maximum atomic E-state index is 11.4. The molecule has 2 unspecified atom stereocenters. The molecule has 0 spiro atoms. The molecular weight excluding hydrogens is 202 g/mol. The van der Waals surface area contributed by atoms with Crippen LogP contribution in [0.15, 0.2) is 0 Å². The first-order valence-corrected chi connectivity index (χ1v) is 6.61. The lowest BCUT2D eigenvalue weighted by atomic mass is 10.1. The van der Waals surface area contributed by atoms with Crippen molar-refractivity contribution in [2.45, 2.75) is 44.1 Å². The van der Waals surface area contributed by atoms with Gasteiger partial charge in [-0.2, -0.15) is 0 Å². The molecule has 2 N–H and O–H groups in total. The molecule has 2 atom stereocenters. The highest BCUT2D eigenvalue weighted by Crippen LogP contribution is 2.20. The van der Waals surface area contributed by atoms with Gasteiger partial charge in [0.1, 0.15) is 0 Å². The van der Waals surface area contributed by atoms with Crippen LogP contribution in [0.1, 0.15) is 27.2 Å². The number of rotatable bonds is 3. The van der Waals surface area contributed by atoms with Crippen LogP contribution >= 0.6 is 0 Å². The molecule has 0 bridgehead atoms. The van der Waals surface area contributed by atoms with E-state index in [4.69, 9.17) is 0 Å². The quantitative estimate of drug-likeness (QED) is 0.700. The molecule has 0 amide bonds. The van der Waals surface area contributed by atoms with E-state index in [1.54, 1.807) is 20.8 Å². The van der Waals surface area contributed by atoms with E-state index in [2.05, 4.69) is 5.32 Å². The van der Waals surface area contributed by atoms with E-state index < -0.39 is 15.4 Å². The fraction of sp³-hybridized carbons (Fsp3) is 1.00. The third kappa shape index (κ3) is 2.93. The Hall–Kier alpha value is -0.130. The van der Waals surface area contributed by atoms with Crippen molar-refractivity contribution in [2.75, 3.05) is 12.3 Å². The van der Waals surface area contributed by atoms with E-state index in [1.165, 1.54) is 0 Å². The molecule has 0 aromatic carbocycles. The van der Waals surface area contributed by atoms with Gasteiger partial charge in [-0.05, 0) is 27.2 Å². The average molecular weight is 221 g/mol. The molecule has 4 nitrogen and oxygen atoms in total. The predicted molar refractivity (Wildman–Crippen MR) is 56.0 cm³/mol. The van der Waals surface area contributed by atoms with E-state index >= 15 is 0 Å². The highest BCUT2D eigenvalue weighted by molar-refractivity contribution is 7.92. The minimum Gasteiger partial charge on any atom is -0.389 e. The summed E-state index contributed by atoms with van der Waals surface area (Å²) >= 11 is 0. The monoisotopic (exact) mass is 221 g/mol. The van der Waals surface area contributed by atoms with E-state index in [0.29, 0.717) is 13.0 Å². The zero-order valence-corrected chi connectivity index (χ0v) is 9.76. The van der Waals surface area contributed by atoms with Gasteiger partial charge >= 0.3 is 0 Å². The van der Waals surface area contributed by atoms with Crippen LogP contribution in [0.2, 0.25) is 0 Å². The highest BCUT2D eigenvalue weighted by Gasteiger charge is 2.36. The van der Waals surface area contributed by atoms with E-state index in [0.717, 1.165) is 0 Å². The van der Waals surface area contributed by atoms with Crippen molar-refractivity contribution < 1.29 is 13.5 Å². The Morgan fingerprint density at radius 3 is 2.43 bits per heavy atom. The Labute approximate surface area is 85.6 Å². The molecule has 1 heterocycles. The number of aliphatic hydroxyl groups is 1. The Morgan fingerprint density at radius 1 is 1.50 bits per heavy atom. The van der Waals surface area contributed by atoms with Gasteiger partial charge in [-0.15, -0.1) is 0 Å². The minimum atomic E-state index is -2.89. The van der Waals surface area contributed by atoms with Gasteiger partial charge in [0.05, 0.1) is 16.6 Å². The smallest absolute Gasteiger partial charge is 0.154 e. The van der Waals surface area contributed by atoms with Crippen LogP contribution < -0.4 is 5.32 Å². The Bertz CT molecular complexity index is 292. The van der Waals surface area contributed by atoms with Crippen molar-refractivity contribution >= 4 is 9.84 Å². The fourth-order valence-electron chi connectivity index (χ4n) is 1.61. The molecule has 5 heteroatoms. The maximum Gasteiger partial charge on any atom is 0.154 e. The molecule has 84 valence electrons. The summed E-state index contributed by atoms with van der Waals surface area (Å²) in [7, 11) is -2.89. The molecule has 1 fully saturated rings. The number of hydrogen-bond acceptors (Lipinski definition) is 4. The first-order chi connectivity index (χ1) is 6.22. The third-order valence-electron chi connectivity index (χ3n) is 2.64. The standard InChI is InChI=1S/C9H19NO3S/c1-7-8(4-5-14(7,12)13)10-6-9(2,3)11/h7-8,10-11H,4-6H2,1-3H3. The van der Waals surface area contributed by atoms with Crippen LogP contribution in [0, 0.1) is 0 Å².